The molecule has 0 bridgehead atoms. The second-order valence-corrected chi connectivity index (χ2v) is 5.57. The maximum Gasteiger partial charge on any atom is 0.185 e. The molecule has 1 aliphatic rings. The number of likely N-dealkylation sites (N-methyl/N-ethyl adjacent to an activating group) is 2. The van der Waals surface area contributed by atoms with E-state index >= 15 is 0 Å². The molecule has 1 aromatic rings. The van der Waals surface area contributed by atoms with Crippen LogP contribution in [0.4, 0.5) is 5.13 Å². The lowest BCUT2D eigenvalue weighted by Crippen LogP contribution is -2.36. The zero-order valence-electron chi connectivity index (χ0n) is 10.6. The van der Waals surface area contributed by atoms with Crippen molar-refractivity contribution in [1.82, 2.24) is 9.88 Å². The fourth-order valence-corrected chi connectivity index (χ4v) is 3.05. The Bertz CT molecular complexity index is 404. The quantitative estimate of drug-likeness (QED) is 0.768. The van der Waals surface area contributed by atoms with Crippen LogP contribution < -0.4 is 4.90 Å². The number of carbonyl (C=O) groups is 1. The molecule has 0 N–H and O–H groups in total. The van der Waals surface area contributed by atoms with Crippen molar-refractivity contribution in [2.75, 3.05) is 32.1 Å². The van der Waals surface area contributed by atoms with E-state index in [0.29, 0.717) is 11.7 Å². The summed E-state index contributed by atoms with van der Waals surface area (Å²) in [4.78, 5) is 20.1. The molecule has 2 rings (SSSR count). The monoisotopic (exact) mass is 253 g/mol. The Labute approximate surface area is 106 Å². The molecular weight excluding hydrogens is 234 g/mol. The molecular formula is C12H19N3OS. The fraction of sp³-hybridized carbons (Fsp3) is 0.667. The molecule has 2 heterocycles. The molecule has 1 saturated heterocycles. The summed E-state index contributed by atoms with van der Waals surface area (Å²) in [5.74, 6) is 0.0406. The van der Waals surface area contributed by atoms with Gasteiger partial charge >= 0.3 is 0 Å². The SMILES string of the molecule is CC(=O)c1csc(N(C)CC2CCCN2C)n1. The maximum atomic E-state index is 11.2. The van der Waals surface area contributed by atoms with Gasteiger partial charge in [-0.2, -0.15) is 0 Å². The summed E-state index contributed by atoms with van der Waals surface area (Å²) in [6.45, 7) is 3.74. The lowest BCUT2D eigenvalue weighted by Gasteiger charge is -2.25. The first-order valence-electron chi connectivity index (χ1n) is 5.96. The highest BCUT2D eigenvalue weighted by atomic mass is 32.1. The average Bonchev–Trinajstić information content (AvgIpc) is 2.88. The summed E-state index contributed by atoms with van der Waals surface area (Å²) in [7, 11) is 4.23. The molecule has 1 fully saturated rings. The van der Waals surface area contributed by atoms with Crippen molar-refractivity contribution in [3.8, 4) is 0 Å². The van der Waals surface area contributed by atoms with E-state index in [1.54, 1.807) is 18.3 Å². The van der Waals surface area contributed by atoms with Crippen molar-refractivity contribution in [3.05, 3.63) is 11.1 Å². The standard InChI is InChI=1S/C12H19N3OS/c1-9(16)11-8-17-12(13-11)15(3)7-10-5-4-6-14(10)2/h8,10H,4-7H2,1-3H3. The number of thiazole rings is 1. The normalized spacial score (nSPS) is 20.8. The van der Waals surface area contributed by atoms with Crippen LogP contribution in [0.1, 0.15) is 30.3 Å². The van der Waals surface area contributed by atoms with Gasteiger partial charge in [0.2, 0.25) is 0 Å². The van der Waals surface area contributed by atoms with Gasteiger partial charge in [-0.15, -0.1) is 11.3 Å². The molecule has 94 valence electrons. The number of ketones is 1. The van der Waals surface area contributed by atoms with Gasteiger partial charge < -0.3 is 9.80 Å². The van der Waals surface area contributed by atoms with E-state index in [-0.39, 0.29) is 5.78 Å². The smallest absolute Gasteiger partial charge is 0.185 e. The van der Waals surface area contributed by atoms with E-state index in [1.807, 2.05) is 5.38 Å². The number of carbonyl (C=O) groups excluding carboxylic acids is 1. The van der Waals surface area contributed by atoms with Crippen molar-refractivity contribution in [3.63, 3.8) is 0 Å². The lowest BCUT2D eigenvalue weighted by molar-refractivity contribution is 0.101. The first-order valence-corrected chi connectivity index (χ1v) is 6.83. The molecule has 0 spiro atoms. The summed E-state index contributed by atoms with van der Waals surface area (Å²) in [6.07, 6.45) is 2.54. The largest absolute Gasteiger partial charge is 0.350 e. The number of anilines is 1. The molecule has 17 heavy (non-hydrogen) atoms. The van der Waals surface area contributed by atoms with Gasteiger partial charge in [-0.1, -0.05) is 0 Å². The number of likely N-dealkylation sites (tertiary alicyclic amines) is 1. The minimum Gasteiger partial charge on any atom is -0.350 e. The number of nitrogens with zero attached hydrogens (tertiary/aromatic N) is 3. The molecule has 0 saturated carbocycles. The zero-order valence-corrected chi connectivity index (χ0v) is 11.5. The number of rotatable bonds is 4. The van der Waals surface area contributed by atoms with Gasteiger partial charge in [-0.25, -0.2) is 4.98 Å². The van der Waals surface area contributed by atoms with Crippen LogP contribution in [0.25, 0.3) is 0 Å². The Morgan fingerprint density at radius 3 is 3.00 bits per heavy atom. The molecule has 0 aromatic carbocycles. The third kappa shape index (κ3) is 2.84. The van der Waals surface area contributed by atoms with Crippen LogP contribution in [-0.4, -0.2) is 48.9 Å². The number of aromatic nitrogens is 1. The van der Waals surface area contributed by atoms with Gasteiger partial charge in [-0.05, 0) is 26.4 Å². The van der Waals surface area contributed by atoms with Gasteiger partial charge in [0.25, 0.3) is 0 Å². The molecule has 0 radical (unpaired) electrons. The number of Topliss-reactive ketones (excluding diaryl/α,β-unsaturated/α-hetero) is 1. The highest BCUT2D eigenvalue weighted by Crippen LogP contribution is 2.22. The molecule has 0 amide bonds. The van der Waals surface area contributed by atoms with Crippen LogP contribution in [0.2, 0.25) is 0 Å². The van der Waals surface area contributed by atoms with Crippen LogP contribution >= 0.6 is 11.3 Å². The van der Waals surface area contributed by atoms with E-state index in [1.165, 1.54) is 19.4 Å². The molecule has 1 unspecified atom stereocenters. The Morgan fingerprint density at radius 2 is 2.47 bits per heavy atom. The van der Waals surface area contributed by atoms with Crippen molar-refractivity contribution >= 4 is 22.3 Å². The summed E-state index contributed by atoms with van der Waals surface area (Å²) in [6, 6.07) is 0.615. The summed E-state index contributed by atoms with van der Waals surface area (Å²) in [5.41, 5.74) is 0.580. The lowest BCUT2D eigenvalue weighted by atomic mass is 10.2. The Morgan fingerprint density at radius 1 is 1.71 bits per heavy atom. The Kier molecular flexibility index (Phi) is 3.79. The van der Waals surface area contributed by atoms with Gasteiger partial charge in [0, 0.05) is 31.9 Å². The Hall–Kier alpha value is -0.940. The van der Waals surface area contributed by atoms with E-state index in [4.69, 9.17) is 0 Å². The minimum absolute atomic E-state index is 0.0406. The van der Waals surface area contributed by atoms with Crippen molar-refractivity contribution in [2.45, 2.75) is 25.8 Å². The number of hydrogen-bond acceptors (Lipinski definition) is 5. The van der Waals surface area contributed by atoms with E-state index in [2.05, 4.69) is 28.9 Å². The summed E-state index contributed by atoms with van der Waals surface area (Å²) >= 11 is 1.55. The van der Waals surface area contributed by atoms with Crippen LogP contribution in [0.15, 0.2) is 5.38 Å². The summed E-state index contributed by atoms with van der Waals surface area (Å²) in [5, 5.41) is 2.78. The van der Waals surface area contributed by atoms with Crippen LogP contribution in [0.3, 0.4) is 0 Å². The molecule has 4 nitrogen and oxygen atoms in total. The van der Waals surface area contributed by atoms with Gasteiger partial charge in [0.15, 0.2) is 10.9 Å². The second-order valence-electron chi connectivity index (χ2n) is 4.73. The van der Waals surface area contributed by atoms with E-state index in [0.717, 1.165) is 11.7 Å². The fourth-order valence-electron chi connectivity index (χ4n) is 2.21. The van der Waals surface area contributed by atoms with E-state index < -0.39 is 0 Å². The Balaban J connectivity index is 1.98. The molecule has 0 aliphatic carbocycles. The molecule has 1 atom stereocenters. The first kappa shape index (κ1) is 12.5. The zero-order chi connectivity index (χ0) is 12.4. The predicted molar refractivity (Wildman–Crippen MR) is 71.0 cm³/mol. The topological polar surface area (TPSA) is 36.4 Å². The van der Waals surface area contributed by atoms with Crippen molar-refractivity contribution in [2.24, 2.45) is 0 Å². The highest BCUT2D eigenvalue weighted by Gasteiger charge is 2.23. The van der Waals surface area contributed by atoms with Crippen LogP contribution in [-0.2, 0) is 0 Å². The van der Waals surface area contributed by atoms with Gasteiger partial charge in [-0.3, -0.25) is 4.79 Å². The second kappa shape index (κ2) is 5.14. The highest BCUT2D eigenvalue weighted by molar-refractivity contribution is 7.13. The molecule has 1 aliphatic heterocycles. The minimum atomic E-state index is 0.0406. The van der Waals surface area contributed by atoms with Gasteiger partial charge in [0.1, 0.15) is 5.69 Å². The molecule has 5 heteroatoms. The molecule has 1 aromatic heterocycles. The first-order chi connectivity index (χ1) is 8.08. The van der Waals surface area contributed by atoms with Crippen LogP contribution in [0, 0.1) is 0 Å². The van der Waals surface area contributed by atoms with Crippen molar-refractivity contribution in [1.29, 1.82) is 0 Å². The predicted octanol–water partition coefficient (Wildman–Crippen LogP) is 1.88. The summed E-state index contributed by atoms with van der Waals surface area (Å²) < 4.78 is 0. The number of hydrogen-bond donors (Lipinski definition) is 0. The maximum absolute atomic E-state index is 11.2. The third-order valence-corrected chi connectivity index (χ3v) is 4.29. The van der Waals surface area contributed by atoms with Crippen molar-refractivity contribution < 1.29 is 4.79 Å². The average molecular weight is 253 g/mol. The van der Waals surface area contributed by atoms with Gasteiger partial charge in [0.05, 0.1) is 0 Å². The third-order valence-electron chi connectivity index (χ3n) is 3.34. The van der Waals surface area contributed by atoms with E-state index in [9.17, 15) is 4.79 Å². The van der Waals surface area contributed by atoms with Crippen LogP contribution in [0.5, 0.6) is 0 Å².